The highest BCUT2D eigenvalue weighted by atomic mass is 31.1. The number of carbonyl (C=O) groups is 1. The Balaban J connectivity index is 2.39. The van der Waals surface area contributed by atoms with Gasteiger partial charge in [0, 0.05) is 0 Å². The molecule has 84 valence electrons. The van der Waals surface area contributed by atoms with Crippen LogP contribution in [0.2, 0.25) is 0 Å². The van der Waals surface area contributed by atoms with Gasteiger partial charge in [-0.1, -0.05) is 60.7 Å². The Morgan fingerprint density at radius 2 is 1.24 bits per heavy atom. The van der Waals surface area contributed by atoms with Crippen molar-refractivity contribution in [1.82, 2.24) is 0 Å². The third-order valence-corrected chi connectivity index (χ3v) is 4.56. The van der Waals surface area contributed by atoms with Gasteiger partial charge in [0.2, 0.25) is 0 Å². The van der Waals surface area contributed by atoms with Gasteiger partial charge in [-0.25, -0.2) is 0 Å². The monoisotopic (exact) mass is 240 g/mol. The number of allylic oxidation sites excluding steroid dienone is 1. The van der Waals surface area contributed by atoms with Gasteiger partial charge >= 0.3 is 0 Å². The molecule has 0 saturated heterocycles. The number of hydrogen-bond donors (Lipinski definition) is 0. The first-order chi connectivity index (χ1) is 8.42. The summed E-state index contributed by atoms with van der Waals surface area (Å²) < 4.78 is 0. The molecule has 0 aliphatic rings. The van der Waals surface area contributed by atoms with E-state index in [2.05, 4.69) is 24.3 Å². The quantitative estimate of drug-likeness (QED) is 0.456. The van der Waals surface area contributed by atoms with Crippen molar-refractivity contribution >= 4 is 24.8 Å². The lowest BCUT2D eigenvalue weighted by molar-refractivity contribution is -0.104. The van der Waals surface area contributed by atoms with Gasteiger partial charge < -0.3 is 0 Å². The number of aldehydes is 1. The summed E-state index contributed by atoms with van der Waals surface area (Å²) in [6.45, 7) is 0. The van der Waals surface area contributed by atoms with E-state index in [1.54, 1.807) is 6.08 Å². The number of rotatable bonds is 4. The van der Waals surface area contributed by atoms with Crippen LogP contribution in [0.3, 0.4) is 0 Å². The number of hydrogen-bond acceptors (Lipinski definition) is 1. The van der Waals surface area contributed by atoms with E-state index in [-0.39, 0.29) is 0 Å². The summed E-state index contributed by atoms with van der Waals surface area (Å²) in [6, 6.07) is 20.6. The topological polar surface area (TPSA) is 17.1 Å². The molecule has 0 aliphatic heterocycles. The predicted octanol–water partition coefficient (Wildman–Crippen LogP) is 2.83. The van der Waals surface area contributed by atoms with Crippen LogP contribution in [-0.4, -0.2) is 6.29 Å². The summed E-state index contributed by atoms with van der Waals surface area (Å²) in [5, 5.41) is 2.51. The second kappa shape index (κ2) is 6.12. The van der Waals surface area contributed by atoms with Crippen LogP contribution >= 0.6 is 7.92 Å². The first-order valence-electron chi connectivity index (χ1n) is 5.43. The Labute approximate surface area is 103 Å². The lowest BCUT2D eigenvalue weighted by atomic mass is 10.4. The van der Waals surface area contributed by atoms with Crippen LogP contribution in [0.5, 0.6) is 0 Å². The van der Waals surface area contributed by atoms with Gasteiger partial charge in [0.05, 0.1) is 0 Å². The summed E-state index contributed by atoms with van der Waals surface area (Å²) in [4.78, 5) is 10.5. The van der Waals surface area contributed by atoms with E-state index in [0.717, 1.165) is 6.29 Å². The zero-order valence-corrected chi connectivity index (χ0v) is 10.3. The highest BCUT2D eigenvalue weighted by Crippen LogP contribution is 2.34. The SMILES string of the molecule is O=C/C=C\P(c1ccccc1)c1ccccc1. The molecule has 2 heteroatoms. The highest BCUT2D eigenvalue weighted by Gasteiger charge is 2.08. The molecule has 0 bridgehead atoms. The maximum absolute atomic E-state index is 10.5. The fourth-order valence-electron chi connectivity index (χ4n) is 1.62. The largest absolute Gasteiger partial charge is 0.299 e. The minimum Gasteiger partial charge on any atom is -0.299 e. The fourth-order valence-corrected chi connectivity index (χ4v) is 3.49. The molecule has 0 aliphatic carbocycles. The first kappa shape index (κ1) is 11.8. The van der Waals surface area contributed by atoms with Gasteiger partial charge in [0.25, 0.3) is 0 Å². The van der Waals surface area contributed by atoms with Crippen molar-refractivity contribution in [3.63, 3.8) is 0 Å². The van der Waals surface area contributed by atoms with Crippen molar-refractivity contribution in [3.05, 3.63) is 72.6 Å². The van der Waals surface area contributed by atoms with Gasteiger partial charge in [0.1, 0.15) is 6.29 Å². The van der Waals surface area contributed by atoms with Gasteiger partial charge in [-0.15, -0.1) is 0 Å². The molecule has 2 aromatic carbocycles. The molecule has 17 heavy (non-hydrogen) atoms. The van der Waals surface area contributed by atoms with Crippen LogP contribution in [0.1, 0.15) is 0 Å². The molecule has 1 nitrogen and oxygen atoms in total. The summed E-state index contributed by atoms with van der Waals surface area (Å²) in [5.74, 6) is 1.99. The van der Waals surface area contributed by atoms with Crippen molar-refractivity contribution in [2.45, 2.75) is 0 Å². The van der Waals surface area contributed by atoms with Crippen molar-refractivity contribution in [2.24, 2.45) is 0 Å². The normalized spacial score (nSPS) is 10.9. The fraction of sp³-hybridized carbons (Fsp3) is 0. The lowest BCUT2D eigenvalue weighted by Crippen LogP contribution is -2.09. The molecule has 2 aromatic rings. The zero-order chi connectivity index (χ0) is 11.9. The van der Waals surface area contributed by atoms with E-state index < -0.39 is 7.92 Å². The molecule has 0 radical (unpaired) electrons. The van der Waals surface area contributed by atoms with Crippen LogP contribution in [0.15, 0.2) is 72.6 Å². The Kier molecular flexibility index (Phi) is 4.23. The Hall–Kier alpha value is -1.72. The Morgan fingerprint density at radius 3 is 1.65 bits per heavy atom. The van der Waals surface area contributed by atoms with E-state index >= 15 is 0 Å². The van der Waals surface area contributed by atoms with E-state index in [1.807, 2.05) is 42.2 Å². The van der Waals surface area contributed by atoms with Crippen LogP contribution in [-0.2, 0) is 4.79 Å². The van der Waals surface area contributed by atoms with Crippen molar-refractivity contribution < 1.29 is 4.79 Å². The molecule has 0 unspecified atom stereocenters. The minimum atomic E-state index is -0.569. The summed E-state index contributed by atoms with van der Waals surface area (Å²) in [5.41, 5.74) is 0. The van der Waals surface area contributed by atoms with E-state index in [4.69, 9.17) is 0 Å². The molecule has 2 rings (SSSR count). The third-order valence-electron chi connectivity index (χ3n) is 2.38. The molecular formula is C15H13OP. The molecule has 0 fully saturated rings. The minimum absolute atomic E-state index is 0.569. The molecule has 0 spiro atoms. The summed E-state index contributed by atoms with van der Waals surface area (Å²) in [6.07, 6.45) is 2.42. The standard InChI is InChI=1S/C15H13OP/c16-12-7-13-17(14-8-3-1-4-9-14)15-10-5-2-6-11-15/h1-13H/b13-7-. The second-order valence-corrected chi connectivity index (χ2v) is 5.59. The molecular weight excluding hydrogens is 227 g/mol. The van der Waals surface area contributed by atoms with Crippen molar-refractivity contribution in [2.75, 3.05) is 0 Å². The summed E-state index contributed by atoms with van der Waals surface area (Å²) >= 11 is 0. The van der Waals surface area contributed by atoms with Gasteiger partial charge in [0.15, 0.2) is 0 Å². The van der Waals surface area contributed by atoms with Crippen LogP contribution < -0.4 is 10.6 Å². The lowest BCUT2D eigenvalue weighted by Gasteiger charge is -2.13. The average Bonchev–Trinajstić information content (AvgIpc) is 2.42. The van der Waals surface area contributed by atoms with Crippen molar-refractivity contribution in [3.8, 4) is 0 Å². The average molecular weight is 240 g/mol. The molecule has 0 saturated carbocycles. The van der Waals surface area contributed by atoms with Gasteiger partial charge in [-0.3, -0.25) is 4.79 Å². The predicted molar refractivity (Wildman–Crippen MR) is 74.3 cm³/mol. The van der Waals surface area contributed by atoms with Crippen LogP contribution in [0, 0.1) is 0 Å². The molecule has 0 N–H and O–H groups in total. The first-order valence-corrected chi connectivity index (χ1v) is 6.84. The molecule has 0 aromatic heterocycles. The van der Waals surface area contributed by atoms with Crippen LogP contribution in [0.25, 0.3) is 0 Å². The molecule has 0 atom stereocenters. The highest BCUT2D eigenvalue weighted by molar-refractivity contribution is 7.75. The number of benzene rings is 2. The Morgan fingerprint density at radius 1 is 0.765 bits per heavy atom. The smallest absolute Gasteiger partial charge is 0.142 e. The maximum Gasteiger partial charge on any atom is 0.142 e. The zero-order valence-electron chi connectivity index (χ0n) is 9.36. The van der Waals surface area contributed by atoms with Crippen molar-refractivity contribution in [1.29, 1.82) is 0 Å². The van der Waals surface area contributed by atoms with Gasteiger partial charge in [-0.2, -0.15) is 0 Å². The third kappa shape index (κ3) is 3.12. The molecule has 0 amide bonds. The summed E-state index contributed by atoms with van der Waals surface area (Å²) in [7, 11) is -0.569. The molecule has 0 heterocycles. The number of carbonyl (C=O) groups excluding carboxylic acids is 1. The second-order valence-electron chi connectivity index (χ2n) is 3.52. The Bertz CT molecular complexity index is 451. The maximum atomic E-state index is 10.5. The van der Waals surface area contributed by atoms with Crippen LogP contribution in [0.4, 0.5) is 0 Å². The van der Waals surface area contributed by atoms with Gasteiger partial charge in [-0.05, 0) is 30.4 Å². The van der Waals surface area contributed by atoms with E-state index in [1.165, 1.54) is 10.6 Å². The van der Waals surface area contributed by atoms with E-state index in [9.17, 15) is 4.79 Å². The van der Waals surface area contributed by atoms with E-state index in [0.29, 0.717) is 0 Å².